The van der Waals surface area contributed by atoms with Crippen molar-refractivity contribution in [1.29, 1.82) is 0 Å². The van der Waals surface area contributed by atoms with Gasteiger partial charge in [0.15, 0.2) is 5.11 Å². The Morgan fingerprint density at radius 1 is 1.07 bits per heavy atom. The van der Waals surface area contributed by atoms with Gasteiger partial charge in [0.1, 0.15) is 0 Å². The highest BCUT2D eigenvalue weighted by atomic mass is 32.1. The topological polar surface area (TPSA) is 46.0 Å². The SMILES string of the molecule is CC(C)n1ccc(C2C(c3ccccn3)NC(=S)N2Cc2ccccn2)c1. The average molecular weight is 378 g/mol. The minimum Gasteiger partial charge on any atom is -0.352 e. The molecule has 1 N–H and O–H groups in total. The Morgan fingerprint density at radius 3 is 2.48 bits per heavy atom. The van der Waals surface area contributed by atoms with E-state index in [1.165, 1.54) is 5.56 Å². The number of pyridine rings is 2. The molecule has 0 aliphatic carbocycles. The molecule has 1 aliphatic heterocycles. The molecular weight excluding hydrogens is 354 g/mol. The molecule has 0 amide bonds. The largest absolute Gasteiger partial charge is 0.352 e. The van der Waals surface area contributed by atoms with Gasteiger partial charge in [0.05, 0.1) is 30.0 Å². The van der Waals surface area contributed by atoms with Gasteiger partial charge in [0, 0.05) is 30.8 Å². The lowest BCUT2D eigenvalue weighted by atomic mass is 9.99. The van der Waals surface area contributed by atoms with Crippen molar-refractivity contribution in [2.24, 2.45) is 0 Å². The smallest absolute Gasteiger partial charge is 0.170 e. The van der Waals surface area contributed by atoms with Crippen LogP contribution in [0.5, 0.6) is 0 Å². The molecule has 0 spiro atoms. The molecule has 0 radical (unpaired) electrons. The second kappa shape index (κ2) is 7.48. The van der Waals surface area contributed by atoms with Crippen molar-refractivity contribution in [2.75, 3.05) is 0 Å². The first kappa shape index (κ1) is 17.7. The molecule has 27 heavy (non-hydrogen) atoms. The fourth-order valence-electron chi connectivity index (χ4n) is 3.53. The van der Waals surface area contributed by atoms with Gasteiger partial charge in [-0.15, -0.1) is 0 Å². The highest BCUT2D eigenvalue weighted by Gasteiger charge is 2.40. The van der Waals surface area contributed by atoms with E-state index in [4.69, 9.17) is 12.2 Å². The molecule has 4 rings (SSSR count). The molecule has 0 bridgehead atoms. The number of nitrogens with zero attached hydrogens (tertiary/aromatic N) is 4. The fraction of sp³-hybridized carbons (Fsp3) is 0.286. The first-order chi connectivity index (χ1) is 13.1. The van der Waals surface area contributed by atoms with Crippen molar-refractivity contribution in [3.8, 4) is 0 Å². The van der Waals surface area contributed by atoms with E-state index in [9.17, 15) is 0 Å². The van der Waals surface area contributed by atoms with Crippen LogP contribution in [-0.4, -0.2) is 24.5 Å². The van der Waals surface area contributed by atoms with Crippen LogP contribution in [0.3, 0.4) is 0 Å². The van der Waals surface area contributed by atoms with E-state index in [1.807, 2.05) is 42.7 Å². The van der Waals surface area contributed by atoms with Crippen LogP contribution in [0.1, 0.15) is 48.9 Å². The lowest BCUT2D eigenvalue weighted by Crippen LogP contribution is -2.29. The summed E-state index contributed by atoms with van der Waals surface area (Å²) in [5.41, 5.74) is 3.21. The second-order valence-electron chi connectivity index (χ2n) is 7.06. The summed E-state index contributed by atoms with van der Waals surface area (Å²) in [6, 6.07) is 14.6. The van der Waals surface area contributed by atoms with Gasteiger partial charge in [-0.05, 0) is 62.0 Å². The maximum Gasteiger partial charge on any atom is 0.170 e. The molecular formula is C21H23N5S. The third kappa shape index (κ3) is 3.57. The van der Waals surface area contributed by atoms with Gasteiger partial charge in [-0.25, -0.2) is 0 Å². The average Bonchev–Trinajstić information content (AvgIpc) is 3.29. The highest BCUT2D eigenvalue weighted by Crippen LogP contribution is 2.39. The standard InChI is InChI=1S/C21H23N5S/c1-15(2)25-12-9-16(13-25)20-19(18-8-4-6-11-23-18)24-21(27)26(20)14-17-7-3-5-10-22-17/h3-13,15,19-20H,14H2,1-2H3,(H,24,27). The molecule has 5 nitrogen and oxygen atoms in total. The number of thiocarbonyl (C=S) groups is 1. The lowest BCUT2D eigenvalue weighted by molar-refractivity contribution is 0.308. The molecule has 2 unspecified atom stereocenters. The Balaban J connectivity index is 1.73. The van der Waals surface area contributed by atoms with Crippen LogP contribution in [0.2, 0.25) is 0 Å². The van der Waals surface area contributed by atoms with Crippen LogP contribution in [0.25, 0.3) is 0 Å². The first-order valence-corrected chi connectivity index (χ1v) is 9.59. The van der Waals surface area contributed by atoms with E-state index in [0.29, 0.717) is 12.6 Å². The maximum atomic E-state index is 5.70. The lowest BCUT2D eigenvalue weighted by Gasteiger charge is -2.27. The summed E-state index contributed by atoms with van der Waals surface area (Å²) < 4.78 is 2.23. The van der Waals surface area contributed by atoms with Crippen molar-refractivity contribution in [3.63, 3.8) is 0 Å². The van der Waals surface area contributed by atoms with E-state index in [-0.39, 0.29) is 12.1 Å². The predicted octanol–water partition coefficient (Wildman–Crippen LogP) is 4.03. The number of nitrogens with one attached hydrogen (secondary N) is 1. The molecule has 138 valence electrons. The highest BCUT2D eigenvalue weighted by molar-refractivity contribution is 7.80. The Kier molecular flexibility index (Phi) is 4.90. The zero-order valence-corrected chi connectivity index (χ0v) is 16.3. The molecule has 3 aromatic rings. The minimum absolute atomic E-state index is 0.00502. The molecule has 6 heteroatoms. The van der Waals surface area contributed by atoms with E-state index >= 15 is 0 Å². The summed E-state index contributed by atoms with van der Waals surface area (Å²) in [6.45, 7) is 5.03. The molecule has 1 aliphatic rings. The van der Waals surface area contributed by atoms with E-state index < -0.39 is 0 Å². The van der Waals surface area contributed by atoms with Gasteiger partial charge < -0.3 is 14.8 Å². The van der Waals surface area contributed by atoms with Crippen LogP contribution in [0, 0.1) is 0 Å². The first-order valence-electron chi connectivity index (χ1n) is 9.19. The molecule has 1 fully saturated rings. The van der Waals surface area contributed by atoms with Crippen LogP contribution in [0.15, 0.2) is 67.3 Å². The van der Waals surface area contributed by atoms with E-state index in [2.05, 4.69) is 63.1 Å². The summed E-state index contributed by atoms with van der Waals surface area (Å²) in [5, 5.41) is 4.22. The van der Waals surface area contributed by atoms with Gasteiger partial charge in [-0.2, -0.15) is 0 Å². The normalized spacial score (nSPS) is 19.5. The van der Waals surface area contributed by atoms with Gasteiger partial charge in [-0.3, -0.25) is 9.97 Å². The van der Waals surface area contributed by atoms with E-state index in [1.54, 1.807) is 0 Å². The number of rotatable bonds is 5. The van der Waals surface area contributed by atoms with Crippen LogP contribution < -0.4 is 5.32 Å². The van der Waals surface area contributed by atoms with Crippen molar-refractivity contribution in [3.05, 3.63) is 84.2 Å². The third-order valence-corrected chi connectivity index (χ3v) is 5.28. The summed E-state index contributed by atoms with van der Waals surface area (Å²) >= 11 is 5.70. The van der Waals surface area contributed by atoms with Gasteiger partial charge in [0.25, 0.3) is 0 Å². The molecule has 0 saturated carbocycles. The van der Waals surface area contributed by atoms with Crippen LogP contribution in [0.4, 0.5) is 0 Å². The summed E-state index contributed by atoms with van der Waals surface area (Å²) in [4.78, 5) is 11.3. The summed E-state index contributed by atoms with van der Waals surface area (Å²) in [5.74, 6) is 0. The summed E-state index contributed by atoms with van der Waals surface area (Å²) in [6.07, 6.45) is 8.00. The molecule has 3 aromatic heterocycles. The Labute approximate surface area is 165 Å². The Hall–Kier alpha value is -2.73. The maximum absolute atomic E-state index is 5.70. The number of hydrogen-bond acceptors (Lipinski definition) is 3. The van der Waals surface area contributed by atoms with Crippen molar-refractivity contribution >= 4 is 17.3 Å². The number of aromatic nitrogens is 3. The van der Waals surface area contributed by atoms with E-state index in [0.717, 1.165) is 16.5 Å². The quantitative estimate of drug-likeness (QED) is 0.680. The van der Waals surface area contributed by atoms with Crippen LogP contribution >= 0.6 is 12.2 Å². The zero-order chi connectivity index (χ0) is 18.8. The van der Waals surface area contributed by atoms with Gasteiger partial charge in [-0.1, -0.05) is 12.1 Å². The fourth-order valence-corrected chi connectivity index (χ4v) is 3.84. The van der Waals surface area contributed by atoms with Gasteiger partial charge in [0.2, 0.25) is 0 Å². The van der Waals surface area contributed by atoms with Crippen molar-refractivity contribution in [2.45, 2.75) is 38.5 Å². The second-order valence-corrected chi connectivity index (χ2v) is 7.45. The Morgan fingerprint density at radius 2 is 1.85 bits per heavy atom. The monoisotopic (exact) mass is 377 g/mol. The molecule has 1 saturated heterocycles. The minimum atomic E-state index is 0.00502. The Bertz CT molecular complexity index is 907. The third-order valence-electron chi connectivity index (χ3n) is 4.93. The molecule has 4 heterocycles. The van der Waals surface area contributed by atoms with Crippen molar-refractivity contribution in [1.82, 2.24) is 24.8 Å². The van der Waals surface area contributed by atoms with Crippen molar-refractivity contribution < 1.29 is 0 Å². The van der Waals surface area contributed by atoms with Crippen LogP contribution in [-0.2, 0) is 6.54 Å². The zero-order valence-electron chi connectivity index (χ0n) is 15.5. The van der Waals surface area contributed by atoms with Gasteiger partial charge >= 0.3 is 0 Å². The molecule has 2 atom stereocenters. The summed E-state index contributed by atoms with van der Waals surface area (Å²) in [7, 11) is 0. The molecule has 0 aromatic carbocycles. The predicted molar refractivity (Wildman–Crippen MR) is 110 cm³/mol. The number of hydrogen-bond donors (Lipinski definition) is 1.